The van der Waals surface area contributed by atoms with Crippen LogP contribution < -0.4 is 10.1 Å². The van der Waals surface area contributed by atoms with Gasteiger partial charge in [0, 0.05) is 5.69 Å². The Morgan fingerprint density at radius 1 is 1.24 bits per heavy atom. The zero-order valence-corrected chi connectivity index (χ0v) is 14.9. The number of hydrogen-bond acceptors (Lipinski definition) is 4. The Morgan fingerprint density at radius 2 is 2.16 bits per heavy atom. The van der Waals surface area contributed by atoms with Gasteiger partial charge in [0.25, 0.3) is 0 Å². The van der Waals surface area contributed by atoms with Gasteiger partial charge in [-0.3, -0.25) is 4.79 Å². The van der Waals surface area contributed by atoms with Crippen LogP contribution in [0.15, 0.2) is 60.1 Å². The second-order valence-electron chi connectivity index (χ2n) is 5.60. The van der Waals surface area contributed by atoms with Crippen molar-refractivity contribution in [2.45, 2.75) is 19.8 Å². The fourth-order valence-electron chi connectivity index (χ4n) is 2.45. The SMILES string of the molecule is CCC=CCOc1cccc(CC(=O)Nc2ccc3ncsc3c2)c1. The molecular formula is C20H20N2O2S. The van der Waals surface area contributed by atoms with Crippen LogP contribution in [-0.4, -0.2) is 17.5 Å². The van der Waals surface area contributed by atoms with E-state index < -0.39 is 0 Å². The molecule has 0 unspecified atom stereocenters. The monoisotopic (exact) mass is 352 g/mol. The summed E-state index contributed by atoms with van der Waals surface area (Å²) < 4.78 is 6.73. The molecule has 0 aliphatic rings. The fourth-order valence-corrected chi connectivity index (χ4v) is 3.16. The van der Waals surface area contributed by atoms with Crippen molar-refractivity contribution in [1.29, 1.82) is 0 Å². The maximum atomic E-state index is 12.3. The molecule has 0 fully saturated rings. The summed E-state index contributed by atoms with van der Waals surface area (Å²) in [6.45, 7) is 2.63. The number of thiazole rings is 1. The molecule has 1 aromatic heterocycles. The third-order valence-corrected chi connectivity index (χ3v) is 4.42. The van der Waals surface area contributed by atoms with E-state index in [-0.39, 0.29) is 5.91 Å². The molecule has 1 heterocycles. The standard InChI is InChI=1S/C20H20N2O2S/c1-2-3-4-10-24-17-7-5-6-15(11-17)12-20(23)22-16-8-9-18-19(13-16)25-14-21-18/h3-9,11,13-14H,2,10,12H2,1H3,(H,22,23). The molecule has 2 aromatic carbocycles. The molecule has 1 N–H and O–H groups in total. The van der Waals surface area contributed by atoms with Crippen LogP contribution in [0.5, 0.6) is 5.75 Å². The van der Waals surface area contributed by atoms with Crippen molar-refractivity contribution in [2.24, 2.45) is 0 Å². The van der Waals surface area contributed by atoms with Crippen LogP contribution in [0.25, 0.3) is 10.2 Å². The van der Waals surface area contributed by atoms with E-state index in [4.69, 9.17) is 4.74 Å². The van der Waals surface area contributed by atoms with Gasteiger partial charge in [0.05, 0.1) is 22.1 Å². The van der Waals surface area contributed by atoms with Crippen molar-refractivity contribution in [3.05, 3.63) is 65.7 Å². The van der Waals surface area contributed by atoms with E-state index in [1.54, 1.807) is 16.8 Å². The number of amides is 1. The molecule has 0 spiro atoms. The van der Waals surface area contributed by atoms with Gasteiger partial charge in [-0.1, -0.05) is 31.2 Å². The van der Waals surface area contributed by atoms with Gasteiger partial charge >= 0.3 is 0 Å². The van der Waals surface area contributed by atoms with E-state index in [1.165, 1.54) is 0 Å². The molecule has 0 bridgehead atoms. The quantitative estimate of drug-likeness (QED) is 0.620. The largest absolute Gasteiger partial charge is 0.490 e. The van der Waals surface area contributed by atoms with Crippen LogP contribution in [0.4, 0.5) is 5.69 Å². The zero-order valence-electron chi connectivity index (χ0n) is 14.1. The molecular weight excluding hydrogens is 332 g/mol. The number of hydrogen-bond donors (Lipinski definition) is 1. The van der Waals surface area contributed by atoms with E-state index in [0.717, 1.165) is 33.6 Å². The normalized spacial score (nSPS) is 11.1. The van der Waals surface area contributed by atoms with Gasteiger partial charge in [-0.2, -0.15) is 0 Å². The highest BCUT2D eigenvalue weighted by molar-refractivity contribution is 7.16. The number of carbonyl (C=O) groups excluding carboxylic acids is 1. The maximum Gasteiger partial charge on any atom is 0.228 e. The Morgan fingerprint density at radius 3 is 3.04 bits per heavy atom. The Hall–Kier alpha value is -2.66. The van der Waals surface area contributed by atoms with Crippen molar-refractivity contribution in [3.8, 4) is 5.75 Å². The maximum absolute atomic E-state index is 12.3. The third kappa shape index (κ3) is 4.90. The lowest BCUT2D eigenvalue weighted by Gasteiger charge is -2.08. The Bertz CT molecular complexity index is 886. The topological polar surface area (TPSA) is 51.2 Å². The number of ether oxygens (including phenoxy) is 1. The predicted octanol–water partition coefficient (Wildman–Crippen LogP) is 4.82. The number of allylic oxidation sites excluding steroid dienone is 1. The first-order chi connectivity index (χ1) is 12.2. The molecule has 0 atom stereocenters. The number of fused-ring (bicyclic) bond motifs is 1. The summed E-state index contributed by atoms with van der Waals surface area (Å²) in [6.07, 6.45) is 5.37. The summed E-state index contributed by atoms with van der Waals surface area (Å²) in [6, 6.07) is 13.4. The molecule has 0 aliphatic carbocycles. The highest BCUT2D eigenvalue weighted by Gasteiger charge is 2.06. The second kappa shape index (κ2) is 8.44. The van der Waals surface area contributed by atoms with Crippen molar-refractivity contribution in [1.82, 2.24) is 4.98 Å². The predicted molar refractivity (Wildman–Crippen MR) is 103 cm³/mol. The number of nitrogens with zero attached hydrogens (tertiary/aromatic N) is 1. The van der Waals surface area contributed by atoms with Gasteiger partial charge in [-0.25, -0.2) is 4.98 Å². The minimum Gasteiger partial charge on any atom is -0.490 e. The second-order valence-corrected chi connectivity index (χ2v) is 6.48. The average molecular weight is 352 g/mol. The van der Waals surface area contributed by atoms with Crippen LogP contribution in [-0.2, 0) is 11.2 Å². The first-order valence-corrected chi connectivity index (χ1v) is 9.12. The Kier molecular flexibility index (Phi) is 5.80. The molecule has 3 aromatic rings. The van der Waals surface area contributed by atoms with E-state index in [0.29, 0.717) is 13.0 Å². The van der Waals surface area contributed by atoms with Crippen molar-refractivity contribution < 1.29 is 9.53 Å². The minimum atomic E-state index is -0.0492. The summed E-state index contributed by atoms with van der Waals surface area (Å²) in [5, 5.41) is 2.94. The average Bonchev–Trinajstić information content (AvgIpc) is 3.07. The summed E-state index contributed by atoms with van der Waals surface area (Å²) in [5.41, 5.74) is 4.47. The molecule has 25 heavy (non-hydrogen) atoms. The number of rotatable bonds is 7. The van der Waals surface area contributed by atoms with Crippen LogP contribution in [0.1, 0.15) is 18.9 Å². The Balaban J connectivity index is 1.59. The van der Waals surface area contributed by atoms with Crippen LogP contribution >= 0.6 is 11.3 Å². The lowest BCUT2D eigenvalue weighted by atomic mass is 10.1. The van der Waals surface area contributed by atoms with E-state index in [1.807, 2.05) is 48.5 Å². The van der Waals surface area contributed by atoms with Gasteiger partial charge in [0.15, 0.2) is 0 Å². The number of nitrogens with one attached hydrogen (secondary N) is 1. The molecule has 0 saturated heterocycles. The summed E-state index contributed by atoms with van der Waals surface area (Å²) in [5.74, 6) is 0.726. The molecule has 0 saturated carbocycles. The summed E-state index contributed by atoms with van der Waals surface area (Å²) >= 11 is 1.56. The number of benzene rings is 2. The van der Waals surface area contributed by atoms with Crippen LogP contribution in [0.3, 0.4) is 0 Å². The van der Waals surface area contributed by atoms with Crippen LogP contribution in [0.2, 0.25) is 0 Å². The molecule has 5 heteroatoms. The highest BCUT2D eigenvalue weighted by Crippen LogP contribution is 2.22. The van der Waals surface area contributed by atoms with Gasteiger partial charge in [0.2, 0.25) is 5.91 Å². The zero-order chi connectivity index (χ0) is 17.5. The lowest BCUT2D eigenvalue weighted by Crippen LogP contribution is -2.14. The van der Waals surface area contributed by atoms with Crippen molar-refractivity contribution in [3.63, 3.8) is 0 Å². The highest BCUT2D eigenvalue weighted by atomic mass is 32.1. The molecule has 4 nitrogen and oxygen atoms in total. The number of anilines is 1. The van der Waals surface area contributed by atoms with Gasteiger partial charge in [-0.05, 0) is 42.3 Å². The summed E-state index contributed by atoms with van der Waals surface area (Å²) in [7, 11) is 0. The fraction of sp³-hybridized carbons (Fsp3) is 0.200. The van der Waals surface area contributed by atoms with Gasteiger partial charge < -0.3 is 10.1 Å². The molecule has 0 aliphatic heterocycles. The number of carbonyl (C=O) groups is 1. The molecule has 1 amide bonds. The van der Waals surface area contributed by atoms with Gasteiger partial charge in [-0.15, -0.1) is 11.3 Å². The minimum absolute atomic E-state index is 0.0492. The third-order valence-electron chi connectivity index (χ3n) is 3.63. The van der Waals surface area contributed by atoms with E-state index in [2.05, 4.69) is 23.3 Å². The van der Waals surface area contributed by atoms with E-state index >= 15 is 0 Å². The Labute approximate surface area is 151 Å². The number of aromatic nitrogens is 1. The van der Waals surface area contributed by atoms with Crippen LogP contribution in [0, 0.1) is 0 Å². The van der Waals surface area contributed by atoms with E-state index in [9.17, 15) is 4.79 Å². The lowest BCUT2D eigenvalue weighted by molar-refractivity contribution is -0.115. The summed E-state index contributed by atoms with van der Waals surface area (Å²) in [4.78, 5) is 16.5. The smallest absolute Gasteiger partial charge is 0.228 e. The first-order valence-electron chi connectivity index (χ1n) is 8.24. The van der Waals surface area contributed by atoms with Gasteiger partial charge in [0.1, 0.15) is 12.4 Å². The first kappa shape index (κ1) is 17.2. The molecule has 0 radical (unpaired) electrons. The van der Waals surface area contributed by atoms with Crippen molar-refractivity contribution in [2.75, 3.05) is 11.9 Å². The molecule has 128 valence electrons. The molecule has 3 rings (SSSR count). The van der Waals surface area contributed by atoms with Crippen molar-refractivity contribution >= 4 is 33.1 Å².